The van der Waals surface area contributed by atoms with E-state index in [0.717, 1.165) is 10.6 Å². The second kappa shape index (κ2) is 12.6. The monoisotopic (exact) mass is 804 g/mol. The second-order valence-corrected chi connectivity index (χ2v) is 13.6. The van der Waals surface area contributed by atoms with Crippen LogP contribution in [0.25, 0.3) is 5.69 Å². The molecule has 48 heavy (non-hydrogen) atoms. The Kier molecular flexibility index (Phi) is 9.69. The maximum absolute atomic E-state index is 13.5. The van der Waals surface area contributed by atoms with Gasteiger partial charge in [-0.15, -0.1) is 0 Å². The van der Waals surface area contributed by atoms with Crippen LogP contribution in [-0.4, -0.2) is 59.2 Å². The first-order chi connectivity index (χ1) is 21.9. The zero-order chi connectivity index (χ0) is 36.3. The predicted octanol–water partition coefficient (Wildman–Crippen LogP) is 6.75. The number of phenols is 2. The topological polar surface area (TPSA) is 182 Å². The molecule has 0 bridgehead atoms. The standard InChI is InChI=1S/C24H10Cl4F6N2O10S2/c25-12-7-13(19(39)10-3-1-8(5-14(10)37)45-47(41,42)23(29,30)31)36(22(12)28)18-16(26)21(27)35-17(18)20(40)11-4-2-9(6-15(11)38)46-48(43,44)24(32,33)34/h1-7,35,37-38H. The Bertz CT molecular complexity index is 2060. The first-order valence-electron chi connectivity index (χ1n) is 11.8. The average molecular weight is 806 g/mol. The van der Waals surface area contributed by atoms with Crippen molar-refractivity contribution in [1.29, 1.82) is 0 Å². The van der Waals surface area contributed by atoms with Gasteiger partial charge in [0, 0.05) is 12.1 Å². The Morgan fingerprint density at radius 3 is 1.58 bits per heavy atom. The average Bonchev–Trinajstić information content (AvgIpc) is 3.40. The van der Waals surface area contributed by atoms with Crippen molar-refractivity contribution in [3.05, 3.63) is 85.3 Å². The number of hydrogen-bond acceptors (Lipinski definition) is 10. The van der Waals surface area contributed by atoms with Gasteiger partial charge in [0.15, 0.2) is 0 Å². The molecule has 12 nitrogen and oxygen atoms in total. The van der Waals surface area contributed by atoms with Gasteiger partial charge >= 0.3 is 31.3 Å². The van der Waals surface area contributed by atoms with Crippen molar-refractivity contribution < 1.29 is 71.3 Å². The molecule has 0 saturated carbocycles. The fourth-order valence-corrected chi connectivity index (χ4v) is 5.52. The molecule has 0 aliphatic heterocycles. The van der Waals surface area contributed by atoms with Crippen molar-refractivity contribution in [1.82, 2.24) is 9.55 Å². The summed E-state index contributed by atoms with van der Waals surface area (Å²) in [6, 6.07) is 4.18. The number of hydrogen-bond donors (Lipinski definition) is 3. The van der Waals surface area contributed by atoms with Gasteiger partial charge in [0.1, 0.15) is 44.0 Å². The number of aromatic hydroxyl groups is 2. The van der Waals surface area contributed by atoms with E-state index >= 15 is 0 Å². The Hall–Kier alpha value is -3.82. The first-order valence-corrected chi connectivity index (χ1v) is 16.1. The van der Waals surface area contributed by atoms with E-state index in [0.29, 0.717) is 36.4 Å². The number of phenolic OH excluding ortho intramolecular Hbond substituents is 2. The summed E-state index contributed by atoms with van der Waals surface area (Å²) in [5, 5.41) is 18.9. The van der Waals surface area contributed by atoms with Crippen LogP contribution in [0.3, 0.4) is 0 Å². The first kappa shape index (κ1) is 37.0. The highest BCUT2D eigenvalue weighted by Gasteiger charge is 2.49. The molecule has 0 radical (unpaired) electrons. The SMILES string of the molecule is O=C(c1ccc(OS(=O)(=O)C(F)(F)F)cc1O)c1[nH]c(Cl)c(Cl)c1-n1c(C(=O)c2ccc(OS(=O)(=O)C(F)(F)F)cc2O)cc(Cl)c1Cl. The number of nitrogens with one attached hydrogen (secondary N) is 1. The summed E-state index contributed by atoms with van der Waals surface area (Å²) < 4.78 is 130. The van der Waals surface area contributed by atoms with E-state index in [1.807, 2.05) is 0 Å². The number of ketones is 2. The largest absolute Gasteiger partial charge is 0.534 e. The lowest BCUT2D eigenvalue weighted by Crippen LogP contribution is -2.28. The number of alkyl halides is 6. The van der Waals surface area contributed by atoms with E-state index in [2.05, 4.69) is 13.4 Å². The van der Waals surface area contributed by atoms with Gasteiger partial charge in [-0.3, -0.25) is 14.2 Å². The Balaban J connectivity index is 1.79. The fourth-order valence-electron chi connectivity index (χ4n) is 3.79. The number of carbonyl (C=O) groups excluding carboxylic acids is 2. The van der Waals surface area contributed by atoms with Crippen molar-refractivity contribution in [3.8, 4) is 28.7 Å². The highest BCUT2D eigenvalue weighted by molar-refractivity contribution is 7.88. The highest BCUT2D eigenvalue weighted by atomic mass is 35.5. The molecular formula is C24H10Cl4F6N2O10S2. The lowest BCUT2D eigenvalue weighted by Gasteiger charge is -2.14. The van der Waals surface area contributed by atoms with Crippen molar-refractivity contribution in [3.63, 3.8) is 0 Å². The van der Waals surface area contributed by atoms with Gasteiger partial charge in [0.05, 0.1) is 27.5 Å². The van der Waals surface area contributed by atoms with Crippen molar-refractivity contribution in [2.24, 2.45) is 0 Å². The molecule has 0 unspecified atom stereocenters. The highest BCUT2D eigenvalue weighted by Crippen LogP contribution is 2.41. The number of benzene rings is 2. The maximum Gasteiger partial charge on any atom is 0.534 e. The Morgan fingerprint density at radius 1 is 0.729 bits per heavy atom. The van der Waals surface area contributed by atoms with E-state index < -0.39 is 109 Å². The van der Waals surface area contributed by atoms with Crippen LogP contribution in [0.4, 0.5) is 26.3 Å². The molecule has 0 fully saturated rings. The zero-order valence-corrected chi connectivity index (χ0v) is 26.9. The summed E-state index contributed by atoms with van der Waals surface area (Å²) in [6.45, 7) is 0. The summed E-state index contributed by atoms with van der Waals surface area (Å²) in [5.74, 6) is -6.69. The molecule has 0 spiro atoms. The molecule has 0 aliphatic carbocycles. The van der Waals surface area contributed by atoms with Crippen LogP contribution in [0.15, 0.2) is 42.5 Å². The lowest BCUT2D eigenvalue weighted by atomic mass is 10.0. The predicted molar refractivity (Wildman–Crippen MR) is 154 cm³/mol. The minimum absolute atomic E-state index is 0.368. The van der Waals surface area contributed by atoms with Gasteiger partial charge in [-0.05, 0) is 30.3 Å². The van der Waals surface area contributed by atoms with Gasteiger partial charge in [-0.25, -0.2) is 0 Å². The number of rotatable bonds is 9. The molecule has 24 heteroatoms. The van der Waals surface area contributed by atoms with E-state index in [1.54, 1.807) is 0 Å². The van der Waals surface area contributed by atoms with Crippen LogP contribution in [0.5, 0.6) is 23.0 Å². The number of carbonyl (C=O) groups is 2. The quantitative estimate of drug-likeness (QED) is 0.0709. The van der Waals surface area contributed by atoms with E-state index in [1.165, 1.54) is 0 Å². The fraction of sp³-hybridized carbons (Fsp3) is 0.0833. The van der Waals surface area contributed by atoms with Crippen LogP contribution in [0, 0.1) is 0 Å². The smallest absolute Gasteiger partial charge is 0.507 e. The minimum Gasteiger partial charge on any atom is -0.507 e. The molecule has 0 saturated heterocycles. The zero-order valence-electron chi connectivity index (χ0n) is 22.2. The summed E-state index contributed by atoms with van der Waals surface area (Å²) in [4.78, 5) is 29.4. The number of nitrogens with zero attached hydrogens (tertiary/aromatic N) is 1. The van der Waals surface area contributed by atoms with Crippen LogP contribution in [0.2, 0.25) is 20.4 Å². The second-order valence-electron chi connectivity index (χ2n) is 8.96. The summed E-state index contributed by atoms with van der Waals surface area (Å²) >= 11 is 24.8. The molecule has 258 valence electrons. The van der Waals surface area contributed by atoms with Crippen LogP contribution in [-0.2, 0) is 20.2 Å². The van der Waals surface area contributed by atoms with Crippen LogP contribution < -0.4 is 8.37 Å². The number of aromatic amines is 1. The van der Waals surface area contributed by atoms with Gasteiger partial charge in [-0.1, -0.05) is 46.4 Å². The van der Waals surface area contributed by atoms with Crippen LogP contribution in [0.1, 0.15) is 32.1 Å². The van der Waals surface area contributed by atoms with Gasteiger partial charge < -0.3 is 23.6 Å². The molecular weight excluding hydrogens is 796 g/mol. The molecule has 0 aliphatic rings. The Morgan fingerprint density at radius 2 is 1.17 bits per heavy atom. The summed E-state index contributed by atoms with van der Waals surface area (Å²) in [6.07, 6.45) is 0. The third kappa shape index (κ3) is 6.85. The molecule has 3 N–H and O–H groups in total. The molecule has 4 rings (SSSR count). The molecule has 2 aromatic heterocycles. The molecule has 2 heterocycles. The molecule has 0 atom stereocenters. The third-order valence-corrected chi connectivity index (χ3v) is 9.32. The lowest BCUT2D eigenvalue weighted by molar-refractivity contribution is -0.0504. The van der Waals surface area contributed by atoms with Crippen molar-refractivity contribution in [2.45, 2.75) is 11.0 Å². The molecule has 4 aromatic rings. The van der Waals surface area contributed by atoms with Gasteiger partial charge in [0.25, 0.3) is 0 Å². The van der Waals surface area contributed by atoms with E-state index in [9.17, 15) is 63.0 Å². The van der Waals surface area contributed by atoms with Crippen molar-refractivity contribution in [2.75, 3.05) is 0 Å². The summed E-state index contributed by atoms with van der Waals surface area (Å²) in [5.41, 5.74) is -14.8. The number of halogens is 10. The third-order valence-electron chi connectivity index (χ3n) is 5.86. The molecule has 0 amide bonds. The summed E-state index contributed by atoms with van der Waals surface area (Å²) in [7, 11) is -12.3. The van der Waals surface area contributed by atoms with E-state index in [4.69, 9.17) is 46.4 Å². The Labute approximate surface area is 283 Å². The van der Waals surface area contributed by atoms with Crippen LogP contribution >= 0.6 is 46.4 Å². The maximum atomic E-state index is 13.5. The van der Waals surface area contributed by atoms with Gasteiger partial charge in [-0.2, -0.15) is 43.2 Å². The minimum atomic E-state index is -6.15. The van der Waals surface area contributed by atoms with Gasteiger partial charge in [0.2, 0.25) is 11.6 Å². The van der Waals surface area contributed by atoms with E-state index in [-0.39, 0.29) is 5.02 Å². The number of aromatic nitrogens is 2. The number of H-pyrrole nitrogens is 1. The molecule has 2 aromatic carbocycles. The van der Waals surface area contributed by atoms with Crippen molar-refractivity contribution >= 4 is 78.2 Å². The normalized spacial score (nSPS) is 12.6.